The number of carboxylic acids is 1. The molecule has 0 fully saturated rings. The molecule has 21 heavy (non-hydrogen) atoms. The number of rotatable bonds is 8. The molecule has 2 amide bonds. The van der Waals surface area contributed by atoms with Crippen LogP contribution >= 0.6 is 15.9 Å². The summed E-state index contributed by atoms with van der Waals surface area (Å²) in [5.74, 6) is -0.779. The Morgan fingerprint density at radius 3 is 2.52 bits per heavy atom. The molecule has 0 saturated carbocycles. The summed E-state index contributed by atoms with van der Waals surface area (Å²) < 4.78 is 1.01. The van der Waals surface area contributed by atoms with Crippen molar-refractivity contribution >= 4 is 34.0 Å². The largest absolute Gasteiger partial charge is 0.481 e. The van der Waals surface area contributed by atoms with Gasteiger partial charge in [-0.05, 0) is 36.6 Å². The molecule has 0 aliphatic carbocycles. The molecule has 0 atom stereocenters. The van der Waals surface area contributed by atoms with Gasteiger partial charge in [0.15, 0.2) is 0 Å². The van der Waals surface area contributed by atoms with Gasteiger partial charge in [-0.3, -0.25) is 4.79 Å². The van der Waals surface area contributed by atoms with Crippen LogP contribution in [0.4, 0.5) is 4.79 Å². The van der Waals surface area contributed by atoms with E-state index in [1.807, 2.05) is 24.3 Å². The third-order valence-corrected chi connectivity index (χ3v) is 3.24. The van der Waals surface area contributed by atoms with Crippen LogP contribution in [0.1, 0.15) is 31.2 Å². The van der Waals surface area contributed by atoms with Crippen LogP contribution in [-0.2, 0) is 4.79 Å². The molecule has 0 heterocycles. The first-order valence-corrected chi connectivity index (χ1v) is 7.55. The zero-order chi connectivity index (χ0) is 15.5. The standard InChI is InChI=1S/C15H19BrN2O3/c16-13-7-5-12(6-8-13)9-11-18-15(21)17-10-3-1-2-4-14(19)20/h5-9,11H,1-4,10H2,(H,19,20)(H2,17,18,21)/b11-9+. The Morgan fingerprint density at radius 2 is 1.86 bits per heavy atom. The predicted octanol–water partition coefficient (Wildman–Crippen LogP) is 3.36. The fourth-order valence-electron chi connectivity index (χ4n) is 1.62. The maximum atomic E-state index is 11.5. The number of benzene rings is 1. The van der Waals surface area contributed by atoms with E-state index in [9.17, 15) is 9.59 Å². The van der Waals surface area contributed by atoms with Crippen molar-refractivity contribution in [3.63, 3.8) is 0 Å². The quantitative estimate of drug-likeness (QED) is 0.626. The van der Waals surface area contributed by atoms with E-state index in [4.69, 9.17) is 5.11 Å². The molecule has 1 aromatic rings. The highest BCUT2D eigenvalue weighted by molar-refractivity contribution is 9.10. The Kier molecular flexibility index (Phi) is 8.19. The SMILES string of the molecule is O=C(O)CCCCCNC(=O)N/C=C/c1ccc(Br)cc1. The summed E-state index contributed by atoms with van der Waals surface area (Å²) in [6, 6.07) is 7.46. The van der Waals surface area contributed by atoms with Gasteiger partial charge in [0.2, 0.25) is 0 Å². The maximum absolute atomic E-state index is 11.5. The first-order valence-electron chi connectivity index (χ1n) is 6.76. The van der Waals surface area contributed by atoms with Crippen molar-refractivity contribution in [2.24, 2.45) is 0 Å². The van der Waals surface area contributed by atoms with Gasteiger partial charge in [-0.2, -0.15) is 0 Å². The zero-order valence-electron chi connectivity index (χ0n) is 11.6. The maximum Gasteiger partial charge on any atom is 0.318 e. The number of halogens is 1. The average molecular weight is 355 g/mol. The lowest BCUT2D eigenvalue weighted by Gasteiger charge is -2.04. The van der Waals surface area contributed by atoms with Crippen molar-refractivity contribution in [2.45, 2.75) is 25.7 Å². The third-order valence-electron chi connectivity index (χ3n) is 2.71. The Labute approximate surface area is 132 Å². The van der Waals surface area contributed by atoms with Gasteiger partial charge in [0.25, 0.3) is 0 Å². The van der Waals surface area contributed by atoms with Crippen LogP contribution in [0.15, 0.2) is 34.9 Å². The van der Waals surface area contributed by atoms with Gasteiger partial charge in [-0.15, -0.1) is 0 Å². The molecule has 0 spiro atoms. The molecule has 0 bridgehead atoms. The van der Waals surface area contributed by atoms with Crippen LogP contribution in [0.25, 0.3) is 6.08 Å². The van der Waals surface area contributed by atoms with Gasteiger partial charge < -0.3 is 15.7 Å². The molecular formula is C15H19BrN2O3. The van der Waals surface area contributed by atoms with Crippen LogP contribution in [0.5, 0.6) is 0 Å². The molecule has 0 unspecified atom stereocenters. The molecule has 6 heteroatoms. The van der Waals surface area contributed by atoms with Crippen molar-refractivity contribution in [2.75, 3.05) is 6.54 Å². The summed E-state index contributed by atoms with van der Waals surface area (Å²) in [4.78, 5) is 21.8. The fourth-order valence-corrected chi connectivity index (χ4v) is 1.88. The summed E-state index contributed by atoms with van der Waals surface area (Å²) in [6.07, 6.45) is 5.78. The van der Waals surface area contributed by atoms with E-state index in [0.717, 1.165) is 22.9 Å². The molecule has 5 nitrogen and oxygen atoms in total. The van der Waals surface area contributed by atoms with Crippen LogP contribution in [-0.4, -0.2) is 23.7 Å². The Hall–Kier alpha value is -1.82. The Bertz CT molecular complexity index is 486. The van der Waals surface area contributed by atoms with Gasteiger partial charge in [0.05, 0.1) is 0 Å². The van der Waals surface area contributed by atoms with E-state index in [0.29, 0.717) is 13.0 Å². The monoisotopic (exact) mass is 354 g/mol. The molecule has 114 valence electrons. The first-order chi connectivity index (χ1) is 10.1. The molecular weight excluding hydrogens is 336 g/mol. The summed E-state index contributed by atoms with van der Waals surface area (Å²) in [5, 5.41) is 13.8. The normalized spacial score (nSPS) is 10.5. The molecule has 1 rings (SSSR count). The van der Waals surface area contributed by atoms with E-state index >= 15 is 0 Å². The van der Waals surface area contributed by atoms with E-state index < -0.39 is 5.97 Å². The van der Waals surface area contributed by atoms with Crippen molar-refractivity contribution in [3.8, 4) is 0 Å². The predicted molar refractivity (Wildman–Crippen MR) is 85.8 cm³/mol. The second-order valence-electron chi connectivity index (χ2n) is 4.49. The number of hydrogen-bond donors (Lipinski definition) is 3. The highest BCUT2D eigenvalue weighted by Crippen LogP contribution is 2.11. The number of carbonyl (C=O) groups excluding carboxylic acids is 1. The molecule has 0 saturated heterocycles. The summed E-state index contributed by atoms with van der Waals surface area (Å²) >= 11 is 3.35. The van der Waals surface area contributed by atoms with E-state index in [-0.39, 0.29) is 12.5 Å². The lowest BCUT2D eigenvalue weighted by Crippen LogP contribution is -2.32. The van der Waals surface area contributed by atoms with Gasteiger partial charge in [0, 0.05) is 23.6 Å². The molecule has 0 aliphatic rings. The molecule has 3 N–H and O–H groups in total. The second kappa shape index (κ2) is 9.99. The zero-order valence-corrected chi connectivity index (χ0v) is 13.2. The first kappa shape index (κ1) is 17.2. The van der Waals surface area contributed by atoms with Crippen molar-refractivity contribution in [1.29, 1.82) is 0 Å². The second-order valence-corrected chi connectivity index (χ2v) is 5.41. The van der Waals surface area contributed by atoms with Crippen LogP contribution < -0.4 is 10.6 Å². The summed E-state index contributed by atoms with van der Waals surface area (Å²) in [5.41, 5.74) is 0.993. The Morgan fingerprint density at radius 1 is 1.14 bits per heavy atom. The molecule has 0 aromatic heterocycles. The highest BCUT2D eigenvalue weighted by atomic mass is 79.9. The fraction of sp³-hybridized carbons (Fsp3) is 0.333. The summed E-state index contributed by atoms with van der Waals surface area (Å²) in [7, 11) is 0. The number of carboxylic acid groups (broad SMARTS) is 1. The minimum atomic E-state index is -0.779. The lowest BCUT2D eigenvalue weighted by molar-refractivity contribution is -0.137. The molecule has 0 radical (unpaired) electrons. The number of hydrogen-bond acceptors (Lipinski definition) is 2. The molecule has 0 aliphatic heterocycles. The molecule has 1 aromatic carbocycles. The van der Waals surface area contributed by atoms with Gasteiger partial charge in [0.1, 0.15) is 0 Å². The van der Waals surface area contributed by atoms with Gasteiger partial charge >= 0.3 is 12.0 Å². The number of aliphatic carboxylic acids is 1. The number of nitrogens with one attached hydrogen (secondary N) is 2. The van der Waals surface area contributed by atoms with E-state index in [1.54, 1.807) is 12.3 Å². The Balaban J connectivity index is 2.11. The summed E-state index contributed by atoms with van der Waals surface area (Å²) in [6.45, 7) is 0.539. The van der Waals surface area contributed by atoms with Crippen molar-refractivity contribution in [3.05, 3.63) is 40.5 Å². The van der Waals surface area contributed by atoms with Crippen molar-refractivity contribution in [1.82, 2.24) is 10.6 Å². The number of urea groups is 1. The van der Waals surface area contributed by atoms with Gasteiger partial charge in [-0.25, -0.2) is 4.79 Å². The number of amides is 2. The number of unbranched alkanes of at least 4 members (excludes halogenated alkanes) is 2. The van der Waals surface area contributed by atoms with Crippen molar-refractivity contribution < 1.29 is 14.7 Å². The minimum absolute atomic E-state index is 0.183. The topological polar surface area (TPSA) is 78.4 Å². The van der Waals surface area contributed by atoms with E-state index in [2.05, 4.69) is 26.6 Å². The number of carbonyl (C=O) groups is 2. The van der Waals surface area contributed by atoms with Gasteiger partial charge in [-0.1, -0.05) is 34.5 Å². The highest BCUT2D eigenvalue weighted by Gasteiger charge is 1.98. The smallest absolute Gasteiger partial charge is 0.318 e. The third kappa shape index (κ3) is 8.86. The van der Waals surface area contributed by atoms with Crippen LogP contribution in [0.3, 0.4) is 0 Å². The van der Waals surface area contributed by atoms with E-state index in [1.165, 1.54) is 0 Å². The average Bonchev–Trinajstić information content (AvgIpc) is 2.44. The lowest BCUT2D eigenvalue weighted by atomic mass is 10.2. The minimum Gasteiger partial charge on any atom is -0.481 e. The van der Waals surface area contributed by atoms with Crippen LogP contribution in [0.2, 0.25) is 0 Å². The van der Waals surface area contributed by atoms with Crippen LogP contribution in [0, 0.1) is 0 Å².